The molecular formula is C28H30ClN5O6. The van der Waals surface area contributed by atoms with Crippen molar-refractivity contribution in [3.63, 3.8) is 0 Å². The molecule has 0 spiro atoms. The van der Waals surface area contributed by atoms with Crippen LogP contribution in [0.3, 0.4) is 0 Å². The predicted octanol–water partition coefficient (Wildman–Crippen LogP) is 3.33. The number of nitrogens with zero attached hydrogens (tertiary/aromatic N) is 3. The predicted molar refractivity (Wildman–Crippen MR) is 149 cm³/mol. The SMILES string of the molecule is CN(Cc1ccccc1)C(=O)Nc1ccc2c(c1)C(=O)N(CC(=O)N[C@@H](CC(=O)O)c1cccnc1)CCO2.Cl. The average Bonchev–Trinajstić information content (AvgIpc) is 3.07. The van der Waals surface area contributed by atoms with Crippen molar-refractivity contribution in [1.29, 1.82) is 0 Å². The first-order chi connectivity index (χ1) is 18.8. The van der Waals surface area contributed by atoms with Gasteiger partial charge in [-0.1, -0.05) is 36.4 Å². The van der Waals surface area contributed by atoms with E-state index in [-0.39, 0.29) is 50.1 Å². The number of rotatable bonds is 9. The standard InChI is InChI=1S/C28H29N5O6.ClH/c1-32(17-19-6-3-2-4-7-19)28(38)30-21-9-10-24-22(14-21)27(37)33(12-13-39-24)18-25(34)31-23(15-26(35)36)20-8-5-11-29-16-20;/h2-11,14,16,23H,12-13,15,17-18H2,1H3,(H,30,38)(H,31,34)(H,35,36);1H/t23-;/m0./s1. The first-order valence-corrected chi connectivity index (χ1v) is 12.3. The van der Waals surface area contributed by atoms with Crippen molar-refractivity contribution in [1.82, 2.24) is 20.1 Å². The van der Waals surface area contributed by atoms with Gasteiger partial charge in [-0.25, -0.2) is 4.79 Å². The van der Waals surface area contributed by atoms with Gasteiger partial charge in [0, 0.05) is 31.7 Å². The number of aliphatic carboxylic acids is 1. The molecule has 11 nitrogen and oxygen atoms in total. The fourth-order valence-electron chi connectivity index (χ4n) is 4.16. The molecule has 0 bridgehead atoms. The zero-order valence-corrected chi connectivity index (χ0v) is 22.6. The number of halogens is 1. The lowest BCUT2D eigenvalue weighted by Crippen LogP contribution is -2.43. The number of urea groups is 1. The molecule has 40 heavy (non-hydrogen) atoms. The molecule has 1 aromatic heterocycles. The second-order valence-electron chi connectivity index (χ2n) is 9.06. The van der Waals surface area contributed by atoms with E-state index in [4.69, 9.17) is 4.74 Å². The number of hydrogen-bond acceptors (Lipinski definition) is 6. The van der Waals surface area contributed by atoms with Crippen molar-refractivity contribution in [3.05, 3.63) is 89.7 Å². The van der Waals surface area contributed by atoms with Crippen LogP contribution in [-0.2, 0) is 16.1 Å². The highest BCUT2D eigenvalue weighted by atomic mass is 35.5. The van der Waals surface area contributed by atoms with Gasteiger partial charge in [-0.05, 0) is 35.4 Å². The summed E-state index contributed by atoms with van der Waals surface area (Å²) in [6.45, 7) is 0.427. The monoisotopic (exact) mass is 567 g/mol. The Balaban J connectivity index is 0.00000441. The smallest absolute Gasteiger partial charge is 0.321 e. The molecule has 0 saturated carbocycles. The molecule has 0 unspecified atom stereocenters. The topological polar surface area (TPSA) is 141 Å². The molecular weight excluding hydrogens is 538 g/mol. The molecule has 2 heterocycles. The van der Waals surface area contributed by atoms with Crippen LogP contribution >= 0.6 is 12.4 Å². The van der Waals surface area contributed by atoms with Crippen molar-refractivity contribution >= 4 is 41.9 Å². The summed E-state index contributed by atoms with van der Waals surface area (Å²) < 4.78 is 5.72. The largest absolute Gasteiger partial charge is 0.491 e. The van der Waals surface area contributed by atoms with Crippen LogP contribution in [-0.4, -0.2) is 70.4 Å². The molecule has 1 aliphatic heterocycles. The van der Waals surface area contributed by atoms with E-state index in [0.29, 0.717) is 23.5 Å². The summed E-state index contributed by atoms with van der Waals surface area (Å²) >= 11 is 0. The van der Waals surface area contributed by atoms with Crippen LogP contribution in [0.1, 0.15) is 33.9 Å². The lowest BCUT2D eigenvalue weighted by Gasteiger charge is -2.22. The Morgan fingerprint density at radius 1 is 1.12 bits per heavy atom. The number of fused-ring (bicyclic) bond motifs is 1. The van der Waals surface area contributed by atoms with Crippen molar-refractivity contribution < 1.29 is 29.0 Å². The van der Waals surface area contributed by atoms with Gasteiger partial charge in [-0.15, -0.1) is 12.4 Å². The van der Waals surface area contributed by atoms with Crippen LogP contribution in [0.2, 0.25) is 0 Å². The van der Waals surface area contributed by atoms with E-state index >= 15 is 0 Å². The minimum atomic E-state index is -1.08. The van der Waals surface area contributed by atoms with Crippen LogP contribution in [0.15, 0.2) is 73.1 Å². The number of hydrogen-bond donors (Lipinski definition) is 3. The molecule has 3 aromatic rings. The molecule has 210 valence electrons. The molecule has 0 radical (unpaired) electrons. The van der Waals surface area contributed by atoms with Crippen LogP contribution in [0, 0.1) is 0 Å². The quantitative estimate of drug-likeness (QED) is 0.360. The Kier molecular flexibility index (Phi) is 10.4. The zero-order valence-electron chi connectivity index (χ0n) is 21.8. The number of carboxylic acids is 1. The minimum Gasteiger partial charge on any atom is -0.491 e. The highest BCUT2D eigenvalue weighted by molar-refractivity contribution is 6.01. The number of anilines is 1. The molecule has 3 N–H and O–H groups in total. The summed E-state index contributed by atoms with van der Waals surface area (Å²) in [5, 5.41) is 14.8. The van der Waals surface area contributed by atoms with Gasteiger partial charge >= 0.3 is 12.0 Å². The number of carboxylic acid groups (broad SMARTS) is 1. The van der Waals surface area contributed by atoms with Gasteiger partial charge in [0.25, 0.3) is 5.91 Å². The van der Waals surface area contributed by atoms with Crippen LogP contribution in [0.5, 0.6) is 5.75 Å². The van der Waals surface area contributed by atoms with Crippen LogP contribution in [0.4, 0.5) is 10.5 Å². The van der Waals surface area contributed by atoms with Gasteiger partial charge in [0.1, 0.15) is 12.4 Å². The second-order valence-corrected chi connectivity index (χ2v) is 9.06. The highest BCUT2D eigenvalue weighted by Crippen LogP contribution is 2.27. The average molecular weight is 568 g/mol. The summed E-state index contributed by atoms with van der Waals surface area (Å²) in [5.41, 5.74) is 2.13. The number of pyridine rings is 1. The van der Waals surface area contributed by atoms with Crippen LogP contribution in [0.25, 0.3) is 0 Å². The Morgan fingerprint density at radius 3 is 2.60 bits per heavy atom. The van der Waals surface area contributed by atoms with Gasteiger partial charge in [0.05, 0.1) is 31.1 Å². The maximum atomic E-state index is 13.4. The minimum absolute atomic E-state index is 0. The Labute approximate surface area is 237 Å². The lowest BCUT2D eigenvalue weighted by atomic mass is 10.1. The Morgan fingerprint density at radius 2 is 1.90 bits per heavy atom. The normalized spacial score (nSPS) is 13.0. The Bertz CT molecular complexity index is 1340. The number of carbonyl (C=O) groups excluding carboxylic acids is 3. The number of nitrogens with one attached hydrogen (secondary N) is 2. The molecule has 2 aromatic carbocycles. The summed E-state index contributed by atoms with van der Waals surface area (Å²) in [4.78, 5) is 57.1. The molecule has 0 fully saturated rings. The molecule has 4 amide bonds. The number of benzene rings is 2. The molecule has 4 rings (SSSR count). The summed E-state index contributed by atoms with van der Waals surface area (Å²) in [7, 11) is 1.67. The fraction of sp³-hybridized carbons (Fsp3) is 0.250. The van der Waals surface area contributed by atoms with E-state index in [1.165, 1.54) is 22.1 Å². The van der Waals surface area contributed by atoms with Crippen molar-refractivity contribution in [2.75, 3.05) is 32.1 Å². The third kappa shape index (κ3) is 7.93. The summed E-state index contributed by atoms with van der Waals surface area (Å²) in [6.07, 6.45) is 2.70. The fourth-order valence-corrected chi connectivity index (χ4v) is 4.16. The van der Waals surface area contributed by atoms with E-state index < -0.39 is 23.8 Å². The van der Waals surface area contributed by atoms with E-state index in [1.54, 1.807) is 37.5 Å². The third-order valence-corrected chi connectivity index (χ3v) is 6.11. The molecule has 0 saturated heterocycles. The van der Waals surface area contributed by atoms with E-state index in [1.807, 2.05) is 30.3 Å². The molecule has 12 heteroatoms. The highest BCUT2D eigenvalue weighted by Gasteiger charge is 2.27. The molecule has 0 aliphatic carbocycles. The van der Waals surface area contributed by atoms with Gasteiger partial charge in [-0.3, -0.25) is 19.4 Å². The van der Waals surface area contributed by atoms with E-state index in [0.717, 1.165) is 5.56 Å². The summed E-state index contributed by atoms with van der Waals surface area (Å²) in [5.74, 6) is -1.70. The van der Waals surface area contributed by atoms with Crippen LogP contribution < -0.4 is 15.4 Å². The van der Waals surface area contributed by atoms with Gasteiger partial charge in [-0.2, -0.15) is 0 Å². The number of aromatic nitrogens is 1. The molecule has 1 atom stereocenters. The van der Waals surface area contributed by atoms with Gasteiger partial charge in [0.2, 0.25) is 5.91 Å². The first-order valence-electron chi connectivity index (χ1n) is 12.3. The summed E-state index contributed by atoms with van der Waals surface area (Å²) in [6, 6.07) is 16.5. The maximum Gasteiger partial charge on any atom is 0.321 e. The number of carbonyl (C=O) groups is 4. The van der Waals surface area contributed by atoms with E-state index in [9.17, 15) is 24.3 Å². The number of ether oxygens (including phenoxy) is 1. The van der Waals surface area contributed by atoms with Crippen molar-refractivity contribution in [2.24, 2.45) is 0 Å². The maximum absolute atomic E-state index is 13.4. The second kappa shape index (κ2) is 13.9. The van der Waals surface area contributed by atoms with Gasteiger partial charge < -0.3 is 30.3 Å². The Hall–Kier alpha value is -4.64. The first kappa shape index (κ1) is 29.9. The van der Waals surface area contributed by atoms with Gasteiger partial charge in [0.15, 0.2) is 0 Å². The zero-order chi connectivity index (χ0) is 27.8. The van der Waals surface area contributed by atoms with Crippen molar-refractivity contribution in [2.45, 2.75) is 19.0 Å². The van der Waals surface area contributed by atoms with Crippen molar-refractivity contribution in [3.8, 4) is 5.75 Å². The lowest BCUT2D eigenvalue weighted by molar-refractivity contribution is -0.137. The third-order valence-electron chi connectivity index (χ3n) is 6.11. The molecule has 1 aliphatic rings. The number of amides is 4. The van der Waals surface area contributed by atoms with E-state index in [2.05, 4.69) is 15.6 Å².